The van der Waals surface area contributed by atoms with Crippen molar-refractivity contribution in [1.29, 1.82) is 0 Å². The fraction of sp³-hybridized carbons (Fsp3) is 0.0714. The first-order valence-corrected chi connectivity index (χ1v) is 5.85. The summed E-state index contributed by atoms with van der Waals surface area (Å²) in [5.74, 6) is -1.52. The molecule has 20 heavy (non-hydrogen) atoms. The van der Waals surface area contributed by atoms with E-state index in [4.69, 9.17) is 5.11 Å². The number of rotatable bonds is 6. The van der Waals surface area contributed by atoms with Gasteiger partial charge in [-0.05, 0) is 16.5 Å². The van der Waals surface area contributed by atoms with Gasteiger partial charge < -0.3 is 5.11 Å². The van der Waals surface area contributed by atoms with Crippen molar-refractivity contribution in [3.8, 4) is 0 Å². The van der Waals surface area contributed by atoms with Gasteiger partial charge in [0.25, 0.3) is 5.91 Å². The minimum absolute atomic E-state index is 0.0174. The van der Waals surface area contributed by atoms with E-state index in [1.54, 1.807) is 6.08 Å². The summed E-state index contributed by atoms with van der Waals surface area (Å²) in [5, 5.41) is 11.2. The second-order valence-corrected chi connectivity index (χ2v) is 4.08. The zero-order valence-electron chi connectivity index (χ0n) is 10.4. The molecule has 0 saturated carbocycles. The molecule has 0 saturated heterocycles. The van der Waals surface area contributed by atoms with Gasteiger partial charge in [-0.15, -0.1) is 0 Å². The van der Waals surface area contributed by atoms with E-state index in [9.17, 15) is 14.4 Å². The van der Waals surface area contributed by atoms with Gasteiger partial charge in [0.1, 0.15) is 0 Å². The standard InChI is InChI=1S/C14H12N2O4/c17-9-16(7-3-6-13(18)19)15-14(20)12-8-10-4-1-2-5-11(10)12/h1-6,8-9H,7H2,(H,15,20)(H,18,19). The molecule has 6 heteroatoms. The number of aliphatic carboxylic acids is 1. The van der Waals surface area contributed by atoms with Gasteiger partial charge in [-0.1, -0.05) is 30.3 Å². The van der Waals surface area contributed by atoms with E-state index in [0.29, 0.717) is 12.0 Å². The molecule has 0 fully saturated rings. The number of fused-ring (bicyclic) bond motifs is 1. The number of nitrogens with zero attached hydrogens (tertiary/aromatic N) is 1. The third-order valence-corrected chi connectivity index (χ3v) is 2.73. The topological polar surface area (TPSA) is 86.7 Å². The highest BCUT2D eigenvalue weighted by atomic mass is 16.4. The molecule has 6 nitrogen and oxygen atoms in total. The van der Waals surface area contributed by atoms with Crippen LogP contribution in [-0.2, 0) is 14.4 Å². The summed E-state index contributed by atoms with van der Waals surface area (Å²) in [6.07, 6.45) is 4.32. The van der Waals surface area contributed by atoms with Crippen molar-refractivity contribution >= 4 is 29.9 Å². The van der Waals surface area contributed by atoms with Gasteiger partial charge in [0.2, 0.25) is 6.41 Å². The van der Waals surface area contributed by atoms with Crippen molar-refractivity contribution in [2.24, 2.45) is 0 Å². The van der Waals surface area contributed by atoms with Gasteiger partial charge in [-0.25, -0.2) is 4.79 Å². The first kappa shape index (κ1) is 13.5. The van der Waals surface area contributed by atoms with Crippen LogP contribution in [0.3, 0.4) is 0 Å². The van der Waals surface area contributed by atoms with Crippen LogP contribution in [0.2, 0.25) is 0 Å². The molecule has 1 aromatic carbocycles. The van der Waals surface area contributed by atoms with Crippen LogP contribution < -0.4 is 15.9 Å². The number of hydrazine groups is 1. The largest absolute Gasteiger partial charge is 0.478 e. The second kappa shape index (κ2) is 5.83. The number of carboxylic acid groups (broad SMARTS) is 1. The Kier molecular flexibility index (Phi) is 3.95. The Morgan fingerprint density at radius 1 is 1.30 bits per heavy atom. The quantitative estimate of drug-likeness (QED) is 0.385. The summed E-state index contributed by atoms with van der Waals surface area (Å²) in [4.78, 5) is 33.0. The van der Waals surface area contributed by atoms with Gasteiger partial charge >= 0.3 is 5.97 Å². The highest BCUT2D eigenvalue weighted by Crippen LogP contribution is 2.00. The Balaban J connectivity index is 2.02. The lowest BCUT2D eigenvalue weighted by molar-refractivity contribution is -0.131. The van der Waals surface area contributed by atoms with E-state index in [0.717, 1.165) is 21.5 Å². The first-order valence-electron chi connectivity index (χ1n) is 5.85. The van der Waals surface area contributed by atoms with Crippen molar-refractivity contribution in [2.45, 2.75) is 0 Å². The molecule has 0 aromatic heterocycles. The number of amides is 2. The van der Waals surface area contributed by atoms with Crippen LogP contribution >= 0.6 is 0 Å². The molecule has 2 amide bonds. The van der Waals surface area contributed by atoms with Crippen LogP contribution in [-0.4, -0.2) is 34.9 Å². The number of carbonyl (C=O) groups is 3. The first-order chi connectivity index (χ1) is 9.61. The number of hydrogen-bond donors (Lipinski definition) is 2. The Bertz CT molecular complexity index is 706. The molecule has 0 aliphatic heterocycles. The predicted octanol–water partition coefficient (Wildman–Crippen LogP) is -1.24. The Morgan fingerprint density at radius 3 is 2.70 bits per heavy atom. The summed E-state index contributed by atoms with van der Waals surface area (Å²) in [6.45, 7) is -0.0174. The molecular weight excluding hydrogens is 260 g/mol. The van der Waals surface area contributed by atoms with E-state index >= 15 is 0 Å². The van der Waals surface area contributed by atoms with Crippen molar-refractivity contribution < 1.29 is 19.5 Å². The lowest BCUT2D eigenvalue weighted by Crippen LogP contribution is -2.46. The summed E-state index contributed by atoms with van der Waals surface area (Å²) < 4.78 is 0. The second-order valence-electron chi connectivity index (χ2n) is 4.08. The lowest BCUT2D eigenvalue weighted by Gasteiger charge is -2.18. The fourth-order valence-corrected chi connectivity index (χ4v) is 1.78. The molecule has 1 aliphatic carbocycles. The van der Waals surface area contributed by atoms with Crippen molar-refractivity contribution in [2.75, 3.05) is 6.54 Å². The molecule has 102 valence electrons. The van der Waals surface area contributed by atoms with Crippen LogP contribution in [0, 0.1) is 0 Å². The van der Waals surface area contributed by atoms with Crippen LogP contribution in [0.5, 0.6) is 0 Å². The summed E-state index contributed by atoms with van der Waals surface area (Å²) in [6, 6.07) is 7.41. The third-order valence-electron chi connectivity index (χ3n) is 2.73. The molecule has 1 aromatic rings. The number of carbonyl (C=O) groups excluding carboxylic acids is 2. The Labute approximate surface area is 114 Å². The summed E-state index contributed by atoms with van der Waals surface area (Å²) in [5.41, 5.74) is 2.89. The van der Waals surface area contributed by atoms with Crippen molar-refractivity contribution in [3.05, 3.63) is 46.9 Å². The van der Waals surface area contributed by atoms with E-state index in [-0.39, 0.29) is 6.54 Å². The van der Waals surface area contributed by atoms with E-state index in [1.807, 2.05) is 24.3 Å². The molecule has 1 aliphatic rings. The van der Waals surface area contributed by atoms with Crippen LogP contribution in [0.4, 0.5) is 0 Å². The van der Waals surface area contributed by atoms with Gasteiger partial charge in [-0.2, -0.15) is 0 Å². The maximum atomic E-state index is 11.9. The molecule has 0 atom stereocenters. The van der Waals surface area contributed by atoms with Gasteiger partial charge in [0.15, 0.2) is 0 Å². The van der Waals surface area contributed by atoms with Gasteiger partial charge in [0.05, 0.1) is 6.54 Å². The molecule has 0 spiro atoms. The summed E-state index contributed by atoms with van der Waals surface area (Å²) in [7, 11) is 0. The van der Waals surface area contributed by atoms with Gasteiger partial charge in [0, 0.05) is 11.6 Å². The average Bonchev–Trinajstić information content (AvgIpc) is 2.38. The lowest BCUT2D eigenvalue weighted by atomic mass is 10.00. The van der Waals surface area contributed by atoms with E-state index in [1.165, 1.54) is 6.08 Å². The number of carboxylic acids is 1. The molecule has 2 N–H and O–H groups in total. The summed E-state index contributed by atoms with van der Waals surface area (Å²) >= 11 is 0. The van der Waals surface area contributed by atoms with Crippen LogP contribution in [0.25, 0.3) is 11.6 Å². The predicted molar refractivity (Wildman–Crippen MR) is 71.3 cm³/mol. The fourth-order valence-electron chi connectivity index (χ4n) is 1.78. The third kappa shape index (κ3) is 2.92. The van der Waals surface area contributed by atoms with Crippen LogP contribution in [0.15, 0.2) is 36.4 Å². The van der Waals surface area contributed by atoms with Gasteiger partial charge in [-0.3, -0.25) is 20.0 Å². The highest BCUT2D eigenvalue weighted by molar-refractivity contribution is 6.25. The number of nitrogens with one attached hydrogen (secondary N) is 1. The molecule has 0 radical (unpaired) electrons. The van der Waals surface area contributed by atoms with Crippen molar-refractivity contribution in [1.82, 2.24) is 10.4 Å². The molecule has 2 rings (SSSR count). The normalized spacial score (nSPS) is 12.1. The molecule has 0 unspecified atom stereocenters. The smallest absolute Gasteiger partial charge is 0.328 e. The monoisotopic (exact) mass is 272 g/mol. The average molecular weight is 272 g/mol. The molecular formula is C14H12N2O4. The van der Waals surface area contributed by atoms with E-state index < -0.39 is 11.9 Å². The molecule has 0 heterocycles. The SMILES string of the molecule is O=CN(CC=CC(=O)O)NC(=O)C1=c2ccccc2=C1. The minimum atomic E-state index is -1.11. The zero-order chi connectivity index (χ0) is 14.5. The number of benzene rings is 1. The minimum Gasteiger partial charge on any atom is -0.478 e. The van der Waals surface area contributed by atoms with E-state index in [2.05, 4.69) is 5.43 Å². The molecule has 0 bridgehead atoms. The maximum absolute atomic E-state index is 11.9. The Hall–Kier alpha value is -2.89. The maximum Gasteiger partial charge on any atom is 0.328 e. The zero-order valence-corrected chi connectivity index (χ0v) is 10.4. The Morgan fingerprint density at radius 2 is 2.05 bits per heavy atom. The van der Waals surface area contributed by atoms with Crippen molar-refractivity contribution in [3.63, 3.8) is 0 Å². The highest BCUT2D eigenvalue weighted by Gasteiger charge is 2.15. The number of hydrogen-bond acceptors (Lipinski definition) is 3. The van der Waals surface area contributed by atoms with Crippen LogP contribution in [0.1, 0.15) is 0 Å².